The van der Waals surface area contributed by atoms with Crippen LogP contribution >= 0.6 is 11.6 Å². The van der Waals surface area contributed by atoms with E-state index < -0.39 is 6.10 Å². The first-order chi connectivity index (χ1) is 7.77. The molecule has 0 aromatic heterocycles. The summed E-state index contributed by atoms with van der Waals surface area (Å²) in [5, 5.41) is 13.9. The summed E-state index contributed by atoms with van der Waals surface area (Å²) >= 11 is 6.00. The summed E-state index contributed by atoms with van der Waals surface area (Å²) in [4.78, 5) is 0. The summed E-state index contributed by atoms with van der Waals surface area (Å²) in [5.41, 5.74) is 0.774. The Bertz CT molecular complexity index is 340. The van der Waals surface area contributed by atoms with Gasteiger partial charge < -0.3 is 15.2 Å². The highest BCUT2D eigenvalue weighted by molar-refractivity contribution is 6.31. The van der Waals surface area contributed by atoms with Crippen molar-refractivity contribution in [2.24, 2.45) is 0 Å². The monoisotopic (exact) mass is 241 g/mol. The molecule has 1 aromatic carbocycles. The minimum Gasteiger partial charge on any atom is -0.387 e. The summed E-state index contributed by atoms with van der Waals surface area (Å²) < 4.78 is 5.25. The molecule has 1 aliphatic rings. The third-order valence-corrected chi connectivity index (χ3v) is 3.14. The van der Waals surface area contributed by atoms with E-state index in [4.69, 9.17) is 16.3 Å². The average Bonchev–Trinajstić information content (AvgIpc) is 2.79. The van der Waals surface area contributed by atoms with Crippen LogP contribution in [0.25, 0.3) is 0 Å². The minimum absolute atomic E-state index is 0.358. The van der Waals surface area contributed by atoms with Crippen molar-refractivity contribution in [1.29, 1.82) is 0 Å². The highest BCUT2D eigenvalue weighted by Gasteiger charge is 2.17. The van der Waals surface area contributed by atoms with Crippen LogP contribution in [-0.4, -0.2) is 30.9 Å². The number of ether oxygens (including phenoxy) is 1. The molecular formula is C12H16ClNO2. The molecule has 0 radical (unpaired) electrons. The van der Waals surface area contributed by atoms with E-state index in [1.54, 1.807) is 6.07 Å². The normalized spacial score (nSPS) is 22.2. The van der Waals surface area contributed by atoms with Crippen molar-refractivity contribution in [3.05, 3.63) is 34.9 Å². The molecule has 2 rings (SSSR count). The lowest BCUT2D eigenvalue weighted by Crippen LogP contribution is -2.33. The Balaban J connectivity index is 1.87. The van der Waals surface area contributed by atoms with Crippen LogP contribution in [0, 0.1) is 0 Å². The van der Waals surface area contributed by atoms with Crippen molar-refractivity contribution in [2.45, 2.75) is 18.6 Å². The molecule has 16 heavy (non-hydrogen) atoms. The first-order valence-electron chi connectivity index (χ1n) is 5.51. The molecule has 2 unspecified atom stereocenters. The highest BCUT2D eigenvalue weighted by Crippen LogP contribution is 2.22. The molecule has 88 valence electrons. The average molecular weight is 242 g/mol. The largest absolute Gasteiger partial charge is 0.387 e. The van der Waals surface area contributed by atoms with Crippen LogP contribution in [0.4, 0.5) is 0 Å². The van der Waals surface area contributed by atoms with Crippen LogP contribution < -0.4 is 5.32 Å². The molecule has 0 spiro atoms. The summed E-state index contributed by atoms with van der Waals surface area (Å²) in [7, 11) is 0. The van der Waals surface area contributed by atoms with Crippen molar-refractivity contribution in [3.8, 4) is 0 Å². The molecule has 0 bridgehead atoms. The lowest BCUT2D eigenvalue weighted by Gasteiger charge is -2.16. The quantitative estimate of drug-likeness (QED) is 0.844. The van der Waals surface area contributed by atoms with Gasteiger partial charge in [0.15, 0.2) is 0 Å². The van der Waals surface area contributed by atoms with Gasteiger partial charge in [0, 0.05) is 29.8 Å². The zero-order chi connectivity index (χ0) is 11.4. The third kappa shape index (κ3) is 2.95. The number of hydrogen-bond donors (Lipinski definition) is 2. The van der Waals surface area contributed by atoms with Crippen LogP contribution in [0.2, 0.25) is 5.02 Å². The first kappa shape index (κ1) is 11.9. The van der Waals surface area contributed by atoms with E-state index in [0.717, 1.165) is 25.2 Å². The lowest BCUT2D eigenvalue weighted by molar-refractivity contribution is 0.161. The molecule has 2 N–H and O–H groups in total. The van der Waals surface area contributed by atoms with Gasteiger partial charge in [-0.05, 0) is 12.5 Å². The van der Waals surface area contributed by atoms with Crippen molar-refractivity contribution in [1.82, 2.24) is 5.32 Å². The maximum Gasteiger partial charge on any atom is 0.0928 e. The van der Waals surface area contributed by atoms with E-state index >= 15 is 0 Å². The Morgan fingerprint density at radius 3 is 3.00 bits per heavy atom. The first-order valence-corrected chi connectivity index (χ1v) is 5.89. The second-order valence-corrected chi connectivity index (χ2v) is 4.41. The number of aliphatic hydroxyl groups excluding tert-OH is 1. The zero-order valence-electron chi connectivity index (χ0n) is 9.03. The predicted molar refractivity (Wildman–Crippen MR) is 63.6 cm³/mol. The standard InChI is InChI=1S/C12H16ClNO2/c13-11-4-2-1-3-10(11)12(15)7-14-9-5-6-16-8-9/h1-4,9,12,14-15H,5-8H2. The highest BCUT2D eigenvalue weighted by atomic mass is 35.5. The van der Waals surface area contributed by atoms with E-state index in [2.05, 4.69) is 5.32 Å². The van der Waals surface area contributed by atoms with Crippen LogP contribution in [-0.2, 0) is 4.74 Å². The van der Waals surface area contributed by atoms with E-state index in [0.29, 0.717) is 17.6 Å². The SMILES string of the molecule is OC(CNC1CCOC1)c1ccccc1Cl. The van der Waals surface area contributed by atoms with E-state index in [9.17, 15) is 5.11 Å². The van der Waals surface area contributed by atoms with Gasteiger partial charge >= 0.3 is 0 Å². The lowest BCUT2D eigenvalue weighted by atomic mass is 10.1. The number of rotatable bonds is 4. The second kappa shape index (κ2) is 5.64. The Morgan fingerprint density at radius 1 is 1.50 bits per heavy atom. The van der Waals surface area contributed by atoms with Crippen molar-refractivity contribution >= 4 is 11.6 Å². The Kier molecular flexibility index (Phi) is 4.18. The van der Waals surface area contributed by atoms with Gasteiger partial charge in [0.2, 0.25) is 0 Å². The fourth-order valence-corrected chi connectivity index (χ4v) is 2.09. The number of aliphatic hydroxyl groups is 1. The number of hydrogen-bond acceptors (Lipinski definition) is 3. The fourth-order valence-electron chi connectivity index (χ4n) is 1.83. The van der Waals surface area contributed by atoms with Crippen LogP contribution in [0.1, 0.15) is 18.1 Å². The molecule has 2 atom stereocenters. The molecule has 1 saturated heterocycles. The second-order valence-electron chi connectivity index (χ2n) is 4.01. The molecule has 3 nitrogen and oxygen atoms in total. The smallest absolute Gasteiger partial charge is 0.0928 e. The summed E-state index contributed by atoms with van der Waals surface area (Å²) in [5.74, 6) is 0. The summed E-state index contributed by atoms with van der Waals surface area (Å²) in [6.45, 7) is 2.05. The third-order valence-electron chi connectivity index (χ3n) is 2.79. The molecule has 0 amide bonds. The molecule has 1 aliphatic heterocycles. The van der Waals surface area contributed by atoms with Crippen molar-refractivity contribution < 1.29 is 9.84 Å². The maximum absolute atomic E-state index is 9.97. The topological polar surface area (TPSA) is 41.5 Å². The van der Waals surface area contributed by atoms with Gasteiger partial charge in [-0.25, -0.2) is 0 Å². The van der Waals surface area contributed by atoms with Gasteiger partial charge in [0.05, 0.1) is 12.7 Å². The molecule has 1 aromatic rings. The maximum atomic E-state index is 9.97. The van der Waals surface area contributed by atoms with Crippen LogP contribution in [0.15, 0.2) is 24.3 Å². The predicted octanol–water partition coefficient (Wildman–Crippen LogP) is 1.75. The molecule has 0 saturated carbocycles. The van der Waals surface area contributed by atoms with Crippen molar-refractivity contribution in [3.63, 3.8) is 0 Å². The molecule has 1 fully saturated rings. The van der Waals surface area contributed by atoms with Gasteiger partial charge in [0.1, 0.15) is 0 Å². The van der Waals surface area contributed by atoms with E-state index in [1.807, 2.05) is 18.2 Å². The number of halogens is 1. The van der Waals surface area contributed by atoms with Crippen LogP contribution in [0.5, 0.6) is 0 Å². The van der Waals surface area contributed by atoms with Gasteiger partial charge in [-0.2, -0.15) is 0 Å². The molecule has 0 aliphatic carbocycles. The number of nitrogens with one attached hydrogen (secondary N) is 1. The van der Waals surface area contributed by atoms with Gasteiger partial charge in [-0.15, -0.1) is 0 Å². The van der Waals surface area contributed by atoms with Gasteiger partial charge in [-0.3, -0.25) is 0 Å². The summed E-state index contributed by atoms with van der Waals surface area (Å²) in [6, 6.07) is 7.73. The fraction of sp³-hybridized carbons (Fsp3) is 0.500. The van der Waals surface area contributed by atoms with E-state index in [-0.39, 0.29) is 0 Å². The Labute approximate surface area is 100 Å². The van der Waals surface area contributed by atoms with Gasteiger partial charge in [0.25, 0.3) is 0 Å². The minimum atomic E-state index is -0.561. The zero-order valence-corrected chi connectivity index (χ0v) is 9.78. The molecular weight excluding hydrogens is 226 g/mol. The van der Waals surface area contributed by atoms with Crippen molar-refractivity contribution in [2.75, 3.05) is 19.8 Å². The van der Waals surface area contributed by atoms with Crippen LogP contribution in [0.3, 0.4) is 0 Å². The summed E-state index contributed by atoms with van der Waals surface area (Å²) in [6.07, 6.45) is 0.448. The van der Waals surface area contributed by atoms with E-state index in [1.165, 1.54) is 0 Å². The Hall–Kier alpha value is -0.610. The van der Waals surface area contributed by atoms with Gasteiger partial charge in [-0.1, -0.05) is 29.8 Å². The Morgan fingerprint density at radius 2 is 2.31 bits per heavy atom. The molecule has 4 heteroatoms. The number of benzene rings is 1. The molecule has 1 heterocycles.